The molecule has 144 valence electrons. The molecule has 1 saturated carbocycles. The minimum atomic E-state index is -1.20. The van der Waals surface area contributed by atoms with Crippen LogP contribution in [0.25, 0.3) is 22.1 Å². The van der Waals surface area contributed by atoms with Gasteiger partial charge in [-0.1, -0.05) is 18.9 Å². The molecule has 0 spiro atoms. The van der Waals surface area contributed by atoms with Gasteiger partial charge in [0.1, 0.15) is 11.1 Å². The molecule has 0 unspecified atom stereocenters. The van der Waals surface area contributed by atoms with E-state index < -0.39 is 5.97 Å². The molecule has 1 aliphatic carbocycles. The molecule has 2 aromatic heterocycles. The molecule has 4 rings (SSSR count). The molecule has 3 aromatic rings. The van der Waals surface area contributed by atoms with Gasteiger partial charge >= 0.3 is 5.97 Å². The van der Waals surface area contributed by atoms with Crippen molar-refractivity contribution in [3.8, 4) is 0 Å². The number of nitrogens with zero attached hydrogens (tertiary/aromatic N) is 3. The highest BCUT2D eigenvalue weighted by Gasteiger charge is 2.21. The first-order valence-electron chi connectivity index (χ1n) is 9.27. The van der Waals surface area contributed by atoms with Crippen molar-refractivity contribution in [3.05, 3.63) is 45.6 Å². The van der Waals surface area contributed by atoms with Gasteiger partial charge in [0.25, 0.3) is 0 Å². The van der Waals surface area contributed by atoms with Crippen LogP contribution in [0.4, 0.5) is 5.82 Å². The molecule has 2 heterocycles. The number of aryl methyl sites for hydroxylation is 1. The van der Waals surface area contributed by atoms with E-state index in [1.165, 1.54) is 25.2 Å². The molecule has 7 nitrogen and oxygen atoms in total. The number of pyridine rings is 1. The molecule has 0 saturated heterocycles. The third-order valence-electron chi connectivity index (χ3n) is 4.89. The minimum Gasteiger partial charge on any atom is -0.478 e. The lowest BCUT2D eigenvalue weighted by molar-refractivity contribution is 0.0697. The maximum Gasteiger partial charge on any atom is 0.339 e. The molecule has 1 aromatic carbocycles. The number of aromatic carboxylic acids is 1. The van der Waals surface area contributed by atoms with Gasteiger partial charge in [-0.2, -0.15) is 4.98 Å². The number of hydrogen-bond acceptors (Lipinski definition) is 5. The SMILES string of the molecule is CN(C)/C=N/c1nc2oc3ccc(CCC4CC4)cc3c(=O)c2cc1C(=O)O. The van der Waals surface area contributed by atoms with Crippen LogP contribution in [0, 0.1) is 5.92 Å². The maximum atomic E-state index is 13.0. The molecule has 1 N–H and O–H groups in total. The Hall–Kier alpha value is -3.22. The summed E-state index contributed by atoms with van der Waals surface area (Å²) in [5.41, 5.74) is 1.19. The van der Waals surface area contributed by atoms with Crippen molar-refractivity contribution in [2.24, 2.45) is 10.9 Å². The quantitative estimate of drug-likeness (QED) is 0.399. The average Bonchev–Trinajstić information content (AvgIpc) is 3.49. The van der Waals surface area contributed by atoms with E-state index in [1.807, 2.05) is 12.1 Å². The molecule has 1 aliphatic rings. The Balaban J connectivity index is 1.85. The van der Waals surface area contributed by atoms with Crippen LogP contribution in [0.1, 0.15) is 35.2 Å². The number of aromatic nitrogens is 1. The number of aliphatic imine (C=N–C) groups is 1. The maximum absolute atomic E-state index is 13.0. The number of fused-ring (bicyclic) bond motifs is 2. The van der Waals surface area contributed by atoms with Gasteiger partial charge in [0.05, 0.1) is 17.1 Å². The second-order valence-corrected chi connectivity index (χ2v) is 7.47. The van der Waals surface area contributed by atoms with Gasteiger partial charge in [-0.3, -0.25) is 4.79 Å². The molecule has 0 amide bonds. The van der Waals surface area contributed by atoms with E-state index in [2.05, 4.69) is 9.98 Å². The normalized spacial score (nSPS) is 14.2. The first-order valence-corrected chi connectivity index (χ1v) is 9.27. The summed E-state index contributed by atoms with van der Waals surface area (Å²) in [6, 6.07) is 6.90. The van der Waals surface area contributed by atoms with Crippen LogP contribution in [-0.4, -0.2) is 41.4 Å². The van der Waals surface area contributed by atoms with Gasteiger partial charge in [0.15, 0.2) is 5.82 Å². The summed E-state index contributed by atoms with van der Waals surface area (Å²) in [6.07, 6.45) is 6.09. The fraction of sp³-hybridized carbons (Fsp3) is 0.333. The Morgan fingerprint density at radius 3 is 2.79 bits per heavy atom. The Labute approximate surface area is 161 Å². The highest BCUT2D eigenvalue weighted by molar-refractivity contribution is 5.98. The summed E-state index contributed by atoms with van der Waals surface area (Å²) in [5.74, 6) is -0.387. The molecule has 0 bridgehead atoms. The molecule has 1 fully saturated rings. The Morgan fingerprint density at radius 1 is 1.32 bits per heavy atom. The third-order valence-corrected chi connectivity index (χ3v) is 4.89. The second-order valence-electron chi connectivity index (χ2n) is 7.47. The van der Waals surface area contributed by atoms with Crippen LogP contribution in [0.2, 0.25) is 0 Å². The van der Waals surface area contributed by atoms with Gasteiger partial charge < -0.3 is 14.4 Å². The van der Waals surface area contributed by atoms with Crippen LogP contribution in [-0.2, 0) is 6.42 Å². The van der Waals surface area contributed by atoms with E-state index in [9.17, 15) is 14.7 Å². The van der Waals surface area contributed by atoms with Crippen molar-refractivity contribution in [2.75, 3.05) is 14.1 Å². The van der Waals surface area contributed by atoms with Gasteiger partial charge in [0, 0.05) is 14.1 Å². The van der Waals surface area contributed by atoms with Crippen LogP contribution < -0.4 is 5.43 Å². The number of benzene rings is 1. The molecule has 0 atom stereocenters. The number of hydrogen-bond donors (Lipinski definition) is 1. The van der Waals surface area contributed by atoms with E-state index in [1.54, 1.807) is 25.1 Å². The summed E-state index contributed by atoms with van der Waals surface area (Å²) in [6.45, 7) is 0. The monoisotopic (exact) mass is 379 g/mol. The van der Waals surface area contributed by atoms with Crippen molar-refractivity contribution >= 4 is 40.2 Å². The van der Waals surface area contributed by atoms with Crippen molar-refractivity contribution in [1.82, 2.24) is 9.88 Å². The second kappa shape index (κ2) is 7.07. The first-order chi connectivity index (χ1) is 13.4. The van der Waals surface area contributed by atoms with Crippen molar-refractivity contribution in [3.63, 3.8) is 0 Å². The molecule has 28 heavy (non-hydrogen) atoms. The van der Waals surface area contributed by atoms with Gasteiger partial charge in [-0.05, 0) is 42.5 Å². The zero-order chi connectivity index (χ0) is 19.8. The van der Waals surface area contributed by atoms with Gasteiger partial charge in [-0.25, -0.2) is 9.79 Å². The zero-order valence-corrected chi connectivity index (χ0v) is 15.8. The van der Waals surface area contributed by atoms with E-state index in [-0.39, 0.29) is 27.9 Å². The fourth-order valence-corrected chi connectivity index (χ4v) is 3.18. The fourth-order valence-electron chi connectivity index (χ4n) is 3.18. The standard InChI is InChI=1S/C21H21N3O4/c1-24(2)11-22-19-16(21(26)27)10-15-18(25)14-9-13(6-5-12-3-4-12)7-8-17(14)28-20(15)23-19/h7-12H,3-6H2,1-2H3,(H,26,27)/b22-11+. The summed E-state index contributed by atoms with van der Waals surface area (Å²) >= 11 is 0. The first kappa shape index (κ1) is 18.2. The largest absolute Gasteiger partial charge is 0.478 e. The van der Waals surface area contributed by atoms with Crippen LogP contribution in [0.15, 0.2) is 38.5 Å². The van der Waals surface area contributed by atoms with Crippen molar-refractivity contribution < 1.29 is 14.3 Å². The highest BCUT2D eigenvalue weighted by Crippen LogP contribution is 2.33. The van der Waals surface area contributed by atoms with E-state index in [0.29, 0.717) is 11.0 Å². The lowest BCUT2D eigenvalue weighted by atomic mass is 10.0. The Bertz CT molecular complexity index is 1160. The molecule has 0 aliphatic heterocycles. The average molecular weight is 379 g/mol. The highest BCUT2D eigenvalue weighted by atomic mass is 16.4. The van der Waals surface area contributed by atoms with Gasteiger partial charge in [0.2, 0.25) is 11.1 Å². The number of rotatable bonds is 6. The number of carbonyl (C=O) groups is 1. The third kappa shape index (κ3) is 3.60. The number of carboxylic acid groups (broad SMARTS) is 1. The predicted octanol–water partition coefficient (Wildman–Crippen LogP) is 3.60. The smallest absolute Gasteiger partial charge is 0.339 e. The zero-order valence-electron chi connectivity index (χ0n) is 15.8. The summed E-state index contributed by atoms with van der Waals surface area (Å²) in [4.78, 5) is 34.6. The Kier molecular flexibility index (Phi) is 4.58. The lowest BCUT2D eigenvalue weighted by Crippen LogP contribution is -2.09. The van der Waals surface area contributed by atoms with E-state index in [0.717, 1.165) is 24.3 Å². The molecular formula is C21H21N3O4. The minimum absolute atomic E-state index is 0.00254. The van der Waals surface area contributed by atoms with E-state index in [4.69, 9.17) is 4.42 Å². The molecular weight excluding hydrogens is 358 g/mol. The van der Waals surface area contributed by atoms with Crippen molar-refractivity contribution in [1.29, 1.82) is 0 Å². The summed E-state index contributed by atoms with van der Waals surface area (Å²) in [5, 5.41) is 10.1. The van der Waals surface area contributed by atoms with Crippen molar-refractivity contribution in [2.45, 2.75) is 25.7 Å². The van der Waals surface area contributed by atoms with Crippen LogP contribution >= 0.6 is 0 Å². The molecule has 0 radical (unpaired) electrons. The lowest BCUT2D eigenvalue weighted by Gasteiger charge is -2.07. The molecule has 7 heteroatoms. The van der Waals surface area contributed by atoms with Crippen LogP contribution in [0.3, 0.4) is 0 Å². The Morgan fingerprint density at radius 2 is 2.11 bits per heavy atom. The van der Waals surface area contributed by atoms with Gasteiger partial charge in [-0.15, -0.1) is 0 Å². The van der Waals surface area contributed by atoms with Crippen LogP contribution in [0.5, 0.6) is 0 Å². The summed E-state index contributed by atoms with van der Waals surface area (Å²) < 4.78 is 5.81. The van der Waals surface area contributed by atoms with E-state index >= 15 is 0 Å². The predicted molar refractivity (Wildman–Crippen MR) is 108 cm³/mol. The summed E-state index contributed by atoms with van der Waals surface area (Å²) in [7, 11) is 3.53. The topological polar surface area (TPSA) is 96.0 Å². The number of carboxylic acids is 1.